The third-order valence-corrected chi connectivity index (χ3v) is 3.96. The molecule has 0 aliphatic heterocycles. The molecule has 2 heteroatoms. The summed E-state index contributed by atoms with van der Waals surface area (Å²) in [6, 6.07) is 0.721. The van der Waals surface area contributed by atoms with Gasteiger partial charge in [0.2, 0.25) is 0 Å². The normalized spacial score (nSPS) is 13.4. The van der Waals surface area contributed by atoms with Crippen LogP contribution in [0.4, 0.5) is 0 Å². The lowest BCUT2D eigenvalue weighted by Crippen LogP contribution is -2.28. The van der Waals surface area contributed by atoms with Crippen molar-refractivity contribution in [1.29, 1.82) is 0 Å². The summed E-state index contributed by atoms with van der Waals surface area (Å²) in [5.74, 6) is 1.27. The van der Waals surface area contributed by atoms with Gasteiger partial charge in [-0.2, -0.15) is 11.8 Å². The Balaban J connectivity index is 3.36. The minimum atomic E-state index is 0.721. The van der Waals surface area contributed by atoms with E-state index in [4.69, 9.17) is 0 Å². The number of unbranched alkanes of at least 4 members (excludes halogenated alkanes) is 4. The number of hydrogen-bond acceptors (Lipinski definition) is 2. The molecule has 0 bridgehead atoms. The van der Waals surface area contributed by atoms with Gasteiger partial charge in [0.05, 0.1) is 0 Å². The monoisotopic (exact) mass is 231 g/mol. The van der Waals surface area contributed by atoms with Crippen molar-refractivity contribution in [1.82, 2.24) is 5.32 Å². The van der Waals surface area contributed by atoms with Crippen LogP contribution in [0, 0.1) is 0 Å². The van der Waals surface area contributed by atoms with Gasteiger partial charge in [-0.25, -0.2) is 0 Å². The maximum absolute atomic E-state index is 3.43. The van der Waals surface area contributed by atoms with E-state index in [1.54, 1.807) is 0 Å². The van der Waals surface area contributed by atoms with Crippen LogP contribution in [0.5, 0.6) is 0 Å². The average Bonchev–Trinajstić information content (AvgIpc) is 2.22. The first kappa shape index (κ1) is 15.3. The first-order valence-electron chi connectivity index (χ1n) is 6.49. The predicted octanol–water partition coefficient (Wildman–Crippen LogP) is 4.08. The van der Waals surface area contributed by atoms with Gasteiger partial charge in [-0.15, -0.1) is 0 Å². The molecule has 0 aromatic carbocycles. The zero-order valence-corrected chi connectivity index (χ0v) is 11.8. The smallest absolute Gasteiger partial charge is 0.0155 e. The lowest BCUT2D eigenvalue weighted by molar-refractivity contribution is 0.517. The maximum Gasteiger partial charge on any atom is 0.0155 e. The third kappa shape index (κ3) is 10.6. The van der Waals surface area contributed by atoms with Crippen LogP contribution in [0.15, 0.2) is 0 Å². The first-order valence-corrected chi connectivity index (χ1v) is 7.54. The summed E-state index contributed by atoms with van der Waals surface area (Å²) in [7, 11) is 2.09. The Morgan fingerprint density at radius 3 is 2.27 bits per heavy atom. The summed E-state index contributed by atoms with van der Waals surface area (Å²) in [6.07, 6.45) is 8.33. The van der Waals surface area contributed by atoms with Crippen LogP contribution in [0.25, 0.3) is 0 Å². The lowest BCUT2D eigenvalue weighted by Gasteiger charge is -2.16. The van der Waals surface area contributed by atoms with Gasteiger partial charge >= 0.3 is 0 Å². The van der Waals surface area contributed by atoms with Crippen LogP contribution in [0.3, 0.4) is 0 Å². The Morgan fingerprint density at radius 1 is 1.07 bits per heavy atom. The summed E-state index contributed by atoms with van der Waals surface area (Å²) < 4.78 is 0. The topological polar surface area (TPSA) is 12.0 Å². The molecule has 1 nitrogen and oxygen atoms in total. The van der Waals surface area contributed by atoms with Crippen LogP contribution in [-0.4, -0.2) is 24.1 Å². The Labute approximate surface area is 101 Å². The summed E-state index contributed by atoms with van der Waals surface area (Å²) in [5.41, 5.74) is 0. The van der Waals surface area contributed by atoms with Crippen LogP contribution in [0.2, 0.25) is 0 Å². The highest BCUT2D eigenvalue weighted by atomic mass is 32.2. The van der Waals surface area contributed by atoms with Gasteiger partial charge in [-0.3, -0.25) is 0 Å². The minimum absolute atomic E-state index is 0.721. The molecule has 1 unspecified atom stereocenters. The molecule has 0 saturated carbocycles. The molecule has 0 aromatic heterocycles. The van der Waals surface area contributed by atoms with Crippen molar-refractivity contribution in [3.05, 3.63) is 0 Å². The second-order valence-electron chi connectivity index (χ2n) is 4.57. The molecule has 1 N–H and O–H groups in total. The lowest BCUT2D eigenvalue weighted by atomic mass is 10.1. The molecule has 0 amide bonds. The fourth-order valence-corrected chi connectivity index (χ4v) is 2.56. The van der Waals surface area contributed by atoms with E-state index in [-0.39, 0.29) is 0 Å². The van der Waals surface area contributed by atoms with Gasteiger partial charge in [0.15, 0.2) is 0 Å². The molecule has 0 heterocycles. The number of nitrogens with one attached hydrogen (secondary N) is 1. The number of thioether (sulfide) groups is 1. The van der Waals surface area contributed by atoms with E-state index in [2.05, 4.69) is 44.9 Å². The summed E-state index contributed by atoms with van der Waals surface area (Å²) in [5, 5.41) is 4.19. The van der Waals surface area contributed by atoms with Crippen LogP contribution >= 0.6 is 11.8 Å². The molecular weight excluding hydrogens is 202 g/mol. The molecule has 1 atom stereocenters. The summed E-state index contributed by atoms with van der Waals surface area (Å²) in [6.45, 7) is 6.83. The molecule has 0 aliphatic rings. The van der Waals surface area contributed by atoms with Crippen molar-refractivity contribution in [3.8, 4) is 0 Å². The maximum atomic E-state index is 3.43. The Morgan fingerprint density at radius 2 is 1.73 bits per heavy atom. The van der Waals surface area contributed by atoms with E-state index in [9.17, 15) is 0 Å². The van der Waals surface area contributed by atoms with Gasteiger partial charge in [-0.05, 0) is 18.7 Å². The van der Waals surface area contributed by atoms with E-state index in [0.29, 0.717) is 0 Å². The van der Waals surface area contributed by atoms with Gasteiger partial charge < -0.3 is 5.32 Å². The zero-order valence-electron chi connectivity index (χ0n) is 11.0. The Bertz CT molecular complexity index is 126. The Kier molecular flexibility index (Phi) is 11.0. The largest absolute Gasteiger partial charge is 0.316 e. The van der Waals surface area contributed by atoms with E-state index in [1.807, 2.05) is 0 Å². The quantitative estimate of drug-likeness (QED) is 0.569. The fraction of sp³-hybridized carbons (Fsp3) is 1.00. The van der Waals surface area contributed by atoms with Crippen LogP contribution in [0.1, 0.15) is 59.3 Å². The van der Waals surface area contributed by atoms with Crippen LogP contribution in [-0.2, 0) is 0 Å². The van der Waals surface area contributed by atoms with Crippen molar-refractivity contribution in [2.75, 3.05) is 12.8 Å². The SMILES string of the molecule is CCCCCCCC(CSC(C)C)NC. The zero-order chi connectivity index (χ0) is 11.5. The molecule has 0 saturated heterocycles. The molecular formula is C13H29NS. The number of hydrogen-bond donors (Lipinski definition) is 1. The molecule has 0 aliphatic carbocycles. The van der Waals surface area contributed by atoms with Gasteiger partial charge in [0.25, 0.3) is 0 Å². The van der Waals surface area contributed by atoms with E-state index in [0.717, 1.165) is 11.3 Å². The highest BCUT2D eigenvalue weighted by molar-refractivity contribution is 7.99. The number of rotatable bonds is 10. The van der Waals surface area contributed by atoms with Crippen molar-refractivity contribution in [3.63, 3.8) is 0 Å². The molecule has 0 aromatic rings. The highest BCUT2D eigenvalue weighted by Crippen LogP contribution is 2.14. The molecule has 0 rings (SSSR count). The van der Waals surface area contributed by atoms with Crippen molar-refractivity contribution < 1.29 is 0 Å². The molecule has 15 heavy (non-hydrogen) atoms. The first-order chi connectivity index (χ1) is 7.20. The fourth-order valence-electron chi connectivity index (χ4n) is 1.61. The standard InChI is InChI=1S/C13H29NS/c1-5-6-7-8-9-10-13(14-4)11-15-12(2)3/h12-14H,5-11H2,1-4H3. The van der Waals surface area contributed by atoms with E-state index in [1.165, 1.54) is 44.3 Å². The predicted molar refractivity (Wildman–Crippen MR) is 73.8 cm³/mol. The summed E-state index contributed by atoms with van der Waals surface area (Å²) in [4.78, 5) is 0. The molecule has 0 spiro atoms. The summed E-state index contributed by atoms with van der Waals surface area (Å²) >= 11 is 2.07. The van der Waals surface area contributed by atoms with Gasteiger partial charge in [-0.1, -0.05) is 52.9 Å². The van der Waals surface area contributed by atoms with Gasteiger partial charge in [0.1, 0.15) is 0 Å². The van der Waals surface area contributed by atoms with Crippen LogP contribution < -0.4 is 5.32 Å². The van der Waals surface area contributed by atoms with Crippen molar-refractivity contribution in [2.24, 2.45) is 0 Å². The third-order valence-electron chi connectivity index (χ3n) is 2.70. The van der Waals surface area contributed by atoms with E-state index >= 15 is 0 Å². The van der Waals surface area contributed by atoms with Gasteiger partial charge in [0, 0.05) is 11.8 Å². The van der Waals surface area contributed by atoms with Crippen molar-refractivity contribution >= 4 is 11.8 Å². The second kappa shape index (κ2) is 10.8. The highest BCUT2D eigenvalue weighted by Gasteiger charge is 2.06. The molecule has 0 fully saturated rings. The molecule has 0 radical (unpaired) electrons. The average molecular weight is 231 g/mol. The Hall–Kier alpha value is 0.310. The second-order valence-corrected chi connectivity index (χ2v) is 6.18. The minimum Gasteiger partial charge on any atom is -0.316 e. The molecule has 92 valence electrons. The van der Waals surface area contributed by atoms with E-state index < -0.39 is 0 Å². The van der Waals surface area contributed by atoms with Crippen molar-refractivity contribution in [2.45, 2.75) is 70.6 Å².